The maximum atomic E-state index is 5.94. The van der Waals surface area contributed by atoms with Crippen molar-refractivity contribution in [1.29, 1.82) is 0 Å². The van der Waals surface area contributed by atoms with E-state index < -0.39 is 0 Å². The van der Waals surface area contributed by atoms with E-state index in [0.717, 1.165) is 10.4 Å². The second-order valence-corrected chi connectivity index (χ2v) is 4.72. The zero-order valence-electron chi connectivity index (χ0n) is 7.34. The van der Waals surface area contributed by atoms with Crippen LogP contribution in [-0.4, -0.2) is 0 Å². The van der Waals surface area contributed by atoms with Gasteiger partial charge in [0.05, 0.1) is 0 Å². The fourth-order valence-corrected chi connectivity index (χ4v) is 2.69. The van der Waals surface area contributed by atoms with Crippen molar-refractivity contribution in [2.75, 3.05) is 0 Å². The summed E-state index contributed by atoms with van der Waals surface area (Å²) >= 11 is 11.1. The Morgan fingerprint density at radius 2 is 2.14 bits per heavy atom. The summed E-state index contributed by atoms with van der Waals surface area (Å²) in [6, 6.07) is 8.13. The lowest BCUT2D eigenvalue weighted by molar-refractivity contribution is 1.44. The third-order valence-corrected chi connectivity index (χ3v) is 3.57. The lowest BCUT2D eigenvalue weighted by atomic mass is 10.0. The molecule has 1 aromatic carbocycles. The van der Waals surface area contributed by atoms with Gasteiger partial charge in [-0.05, 0) is 45.6 Å². The number of hydrogen-bond donors (Lipinski definition) is 0. The maximum Gasteiger partial charge on any atom is 0.0409 e. The summed E-state index contributed by atoms with van der Waals surface area (Å²) in [7, 11) is 0. The van der Waals surface area contributed by atoms with Gasteiger partial charge in [0.1, 0.15) is 0 Å². The van der Waals surface area contributed by atoms with E-state index in [2.05, 4.69) is 38.8 Å². The van der Waals surface area contributed by atoms with E-state index in [1.165, 1.54) is 16.7 Å². The van der Waals surface area contributed by atoms with Gasteiger partial charge in [-0.15, -0.1) is 0 Å². The Hall–Kier alpha value is -0.310. The number of thiophene rings is 1. The summed E-state index contributed by atoms with van der Waals surface area (Å²) < 4.78 is 0. The molecular weight excluding hydrogens is 280 g/mol. The molecule has 3 heteroatoms. The zero-order chi connectivity index (χ0) is 9.97. The predicted octanol–water partition coefficient (Wildman–Crippen LogP) is 4.96. The summed E-state index contributed by atoms with van der Waals surface area (Å²) in [5, 5.41) is 5.86. The first-order valence-electron chi connectivity index (χ1n) is 4.18. The molecule has 0 atom stereocenters. The zero-order valence-corrected chi connectivity index (χ0v) is 10.5. The second kappa shape index (κ2) is 4.47. The van der Waals surface area contributed by atoms with Gasteiger partial charge in [-0.1, -0.05) is 33.6 Å². The van der Waals surface area contributed by atoms with Crippen molar-refractivity contribution >= 4 is 38.9 Å². The molecule has 0 bridgehead atoms. The molecule has 14 heavy (non-hydrogen) atoms. The topological polar surface area (TPSA) is 0 Å². The van der Waals surface area contributed by atoms with Crippen LogP contribution in [0, 0.1) is 0 Å². The number of hydrogen-bond acceptors (Lipinski definition) is 1. The van der Waals surface area contributed by atoms with Crippen molar-refractivity contribution in [1.82, 2.24) is 0 Å². The van der Waals surface area contributed by atoms with Gasteiger partial charge in [0.2, 0.25) is 0 Å². The normalized spacial score (nSPS) is 10.4. The monoisotopic (exact) mass is 286 g/mol. The molecule has 1 heterocycles. The third kappa shape index (κ3) is 2.02. The van der Waals surface area contributed by atoms with Gasteiger partial charge in [-0.25, -0.2) is 0 Å². The van der Waals surface area contributed by atoms with Gasteiger partial charge < -0.3 is 0 Å². The van der Waals surface area contributed by atoms with Crippen LogP contribution in [0.15, 0.2) is 35.0 Å². The molecule has 0 amide bonds. The Bertz CT molecular complexity index is 423. The molecule has 0 radical (unpaired) electrons. The number of halogens is 2. The van der Waals surface area contributed by atoms with Gasteiger partial charge in [0.25, 0.3) is 0 Å². The van der Waals surface area contributed by atoms with Gasteiger partial charge >= 0.3 is 0 Å². The largest absolute Gasteiger partial charge is 0.152 e. The van der Waals surface area contributed by atoms with Crippen LogP contribution in [0.1, 0.15) is 5.56 Å². The minimum Gasteiger partial charge on any atom is -0.152 e. The van der Waals surface area contributed by atoms with E-state index in [4.69, 9.17) is 11.6 Å². The molecule has 0 N–H and O–H groups in total. The Balaban J connectivity index is 2.53. The van der Waals surface area contributed by atoms with Crippen LogP contribution >= 0.6 is 38.9 Å². The molecule has 0 aliphatic carbocycles. The number of rotatable bonds is 2. The standard InChI is InChI=1S/C11H8BrClS/c12-6-9-5-10(13)1-2-11(9)8-3-4-14-7-8/h1-5,7H,6H2. The summed E-state index contributed by atoms with van der Waals surface area (Å²) in [6.07, 6.45) is 0. The molecule has 0 aliphatic heterocycles. The minimum absolute atomic E-state index is 0.790. The van der Waals surface area contributed by atoms with Crippen molar-refractivity contribution in [2.45, 2.75) is 5.33 Å². The fraction of sp³-hybridized carbons (Fsp3) is 0.0909. The maximum absolute atomic E-state index is 5.94. The first-order valence-corrected chi connectivity index (χ1v) is 6.62. The molecule has 72 valence electrons. The molecule has 0 aliphatic rings. The first kappa shape index (κ1) is 10.2. The first-order chi connectivity index (χ1) is 6.81. The van der Waals surface area contributed by atoms with E-state index >= 15 is 0 Å². The predicted molar refractivity (Wildman–Crippen MR) is 67.4 cm³/mol. The Morgan fingerprint density at radius 3 is 2.79 bits per heavy atom. The molecule has 1 aromatic heterocycles. The summed E-state index contributed by atoms with van der Waals surface area (Å²) in [4.78, 5) is 0. The molecule has 0 spiro atoms. The molecule has 0 fully saturated rings. The molecule has 0 nitrogen and oxygen atoms in total. The van der Waals surface area contributed by atoms with Gasteiger partial charge in [-0.3, -0.25) is 0 Å². The smallest absolute Gasteiger partial charge is 0.0409 e. The Kier molecular flexibility index (Phi) is 3.26. The van der Waals surface area contributed by atoms with Crippen molar-refractivity contribution in [2.24, 2.45) is 0 Å². The Morgan fingerprint density at radius 1 is 1.29 bits per heavy atom. The van der Waals surface area contributed by atoms with E-state index in [1.807, 2.05) is 12.1 Å². The highest BCUT2D eigenvalue weighted by Crippen LogP contribution is 2.29. The lowest BCUT2D eigenvalue weighted by Gasteiger charge is -2.05. The molecule has 0 unspecified atom stereocenters. The molecule has 0 saturated carbocycles. The van der Waals surface area contributed by atoms with Crippen molar-refractivity contribution in [3.8, 4) is 11.1 Å². The lowest BCUT2D eigenvalue weighted by Crippen LogP contribution is -1.84. The quantitative estimate of drug-likeness (QED) is 0.685. The van der Waals surface area contributed by atoms with E-state index in [0.29, 0.717) is 0 Å². The minimum atomic E-state index is 0.790. The third-order valence-electron chi connectivity index (χ3n) is 2.04. The van der Waals surface area contributed by atoms with Crippen LogP contribution in [0.25, 0.3) is 11.1 Å². The van der Waals surface area contributed by atoms with Crippen molar-refractivity contribution < 1.29 is 0 Å². The van der Waals surface area contributed by atoms with Crippen molar-refractivity contribution in [3.63, 3.8) is 0 Å². The average molecular weight is 288 g/mol. The van der Waals surface area contributed by atoms with Crippen LogP contribution in [0.2, 0.25) is 5.02 Å². The molecule has 0 saturated heterocycles. The van der Waals surface area contributed by atoms with Gasteiger partial charge in [0, 0.05) is 10.4 Å². The summed E-state index contributed by atoms with van der Waals surface area (Å²) in [5.74, 6) is 0. The van der Waals surface area contributed by atoms with Crippen LogP contribution in [-0.2, 0) is 5.33 Å². The van der Waals surface area contributed by atoms with Crippen LogP contribution in [0.5, 0.6) is 0 Å². The SMILES string of the molecule is Clc1ccc(-c2ccsc2)c(CBr)c1. The second-order valence-electron chi connectivity index (χ2n) is 2.95. The molecule has 2 aromatic rings. The fourth-order valence-electron chi connectivity index (χ4n) is 1.37. The van der Waals surface area contributed by atoms with Crippen LogP contribution < -0.4 is 0 Å². The van der Waals surface area contributed by atoms with Gasteiger partial charge in [-0.2, -0.15) is 11.3 Å². The average Bonchev–Trinajstić information content (AvgIpc) is 2.70. The number of benzene rings is 1. The molecular formula is C11H8BrClS. The highest BCUT2D eigenvalue weighted by Gasteiger charge is 2.04. The number of alkyl halides is 1. The van der Waals surface area contributed by atoms with Crippen molar-refractivity contribution in [3.05, 3.63) is 45.6 Å². The van der Waals surface area contributed by atoms with Gasteiger partial charge in [0.15, 0.2) is 0 Å². The Labute approximate surface area is 101 Å². The summed E-state index contributed by atoms with van der Waals surface area (Å²) in [5.41, 5.74) is 3.75. The highest BCUT2D eigenvalue weighted by molar-refractivity contribution is 9.08. The molecule has 2 rings (SSSR count). The van der Waals surface area contributed by atoms with E-state index in [-0.39, 0.29) is 0 Å². The van der Waals surface area contributed by atoms with Crippen LogP contribution in [0.3, 0.4) is 0 Å². The highest BCUT2D eigenvalue weighted by atomic mass is 79.9. The van der Waals surface area contributed by atoms with Crippen LogP contribution in [0.4, 0.5) is 0 Å². The summed E-state index contributed by atoms with van der Waals surface area (Å²) in [6.45, 7) is 0. The van der Waals surface area contributed by atoms with E-state index in [9.17, 15) is 0 Å². The van der Waals surface area contributed by atoms with E-state index in [1.54, 1.807) is 11.3 Å².